The van der Waals surface area contributed by atoms with Gasteiger partial charge in [-0.15, -0.1) is 0 Å². The van der Waals surface area contributed by atoms with E-state index in [0.717, 1.165) is 24.2 Å². The second kappa shape index (κ2) is 3.74. The van der Waals surface area contributed by atoms with Crippen LogP contribution in [0, 0.1) is 0 Å². The van der Waals surface area contributed by atoms with Crippen molar-refractivity contribution in [2.45, 2.75) is 18.8 Å². The Morgan fingerprint density at radius 3 is 2.88 bits per heavy atom. The first-order valence-electron chi connectivity index (χ1n) is 5.47. The molecule has 0 atom stereocenters. The number of imidazole rings is 1. The van der Waals surface area contributed by atoms with E-state index in [1.165, 1.54) is 0 Å². The van der Waals surface area contributed by atoms with Gasteiger partial charge in [0.15, 0.2) is 0 Å². The monoisotopic (exact) mass is 250 g/mol. The molecule has 1 heterocycles. The summed E-state index contributed by atoms with van der Waals surface area (Å²) >= 11 is 5.55. The minimum Gasteiger partial charge on any atom is -0.494 e. The number of nitrogens with one attached hydrogen (secondary N) is 1. The fraction of sp³-hybridized carbons (Fsp3) is 0.333. The second-order valence-electron chi connectivity index (χ2n) is 4.21. The Balaban J connectivity index is 2.27. The number of aromatic nitrogens is 2. The fourth-order valence-electron chi connectivity index (χ4n) is 1.96. The van der Waals surface area contributed by atoms with Crippen LogP contribution in [0.3, 0.4) is 0 Å². The van der Waals surface area contributed by atoms with Crippen LogP contribution in [0.1, 0.15) is 34.9 Å². The zero-order chi connectivity index (χ0) is 12.0. The molecular formula is C12H11ClN2O2. The molecule has 5 heteroatoms. The van der Waals surface area contributed by atoms with E-state index in [1.807, 2.05) is 0 Å². The van der Waals surface area contributed by atoms with E-state index >= 15 is 0 Å². The molecule has 88 valence electrons. The molecule has 17 heavy (non-hydrogen) atoms. The maximum Gasteiger partial charge on any atom is 0.254 e. The summed E-state index contributed by atoms with van der Waals surface area (Å²) in [6.07, 6.45) is 2.29. The number of carbonyl (C=O) groups is 1. The Morgan fingerprint density at radius 1 is 1.53 bits per heavy atom. The third kappa shape index (κ3) is 1.69. The van der Waals surface area contributed by atoms with Gasteiger partial charge in [0.25, 0.3) is 5.24 Å². The van der Waals surface area contributed by atoms with Crippen LogP contribution in [0.4, 0.5) is 0 Å². The van der Waals surface area contributed by atoms with Crippen molar-refractivity contribution >= 4 is 27.9 Å². The van der Waals surface area contributed by atoms with Gasteiger partial charge in [-0.3, -0.25) is 4.79 Å². The number of nitrogens with zero attached hydrogens (tertiary/aromatic N) is 1. The van der Waals surface area contributed by atoms with E-state index in [2.05, 4.69) is 9.97 Å². The average Bonchev–Trinajstić information content (AvgIpc) is 3.06. The van der Waals surface area contributed by atoms with Crippen LogP contribution >= 0.6 is 11.6 Å². The van der Waals surface area contributed by atoms with Gasteiger partial charge in [-0.25, -0.2) is 4.98 Å². The molecule has 2 aromatic rings. The van der Waals surface area contributed by atoms with E-state index < -0.39 is 5.24 Å². The van der Waals surface area contributed by atoms with Crippen molar-refractivity contribution in [2.24, 2.45) is 0 Å². The van der Waals surface area contributed by atoms with Crippen LogP contribution in [0.2, 0.25) is 0 Å². The fourth-order valence-corrected chi connectivity index (χ4v) is 2.12. The predicted octanol–water partition coefficient (Wildman–Crippen LogP) is 2.83. The highest BCUT2D eigenvalue weighted by atomic mass is 35.5. The molecule has 1 aliphatic rings. The molecular weight excluding hydrogens is 240 g/mol. The zero-order valence-corrected chi connectivity index (χ0v) is 10.0. The molecule has 0 unspecified atom stereocenters. The lowest BCUT2D eigenvalue weighted by Crippen LogP contribution is -1.92. The summed E-state index contributed by atoms with van der Waals surface area (Å²) < 4.78 is 5.25. The van der Waals surface area contributed by atoms with Crippen molar-refractivity contribution in [3.05, 3.63) is 23.5 Å². The van der Waals surface area contributed by atoms with E-state index in [-0.39, 0.29) is 0 Å². The normalized spacial score (nSPS) is 15.2. The molecule has 1 aliphatic carbocycles. The smallest absolute Gasteiger partial charge is 0.254 e. The standard InChI is InChI=1S/C12H11ClN2O2/c1-17-8-5-4-7(11(13)16)9-10(8)15-12(14-9)6-2-3-6/h4-6H,2-3H2,1H3,(H,14,15). The van der Waals surface area contributed by atoms with Crippen LogP contribution in [0.5, 0.6) is 5.75 Å². The summed E-state index contributed by atoms with van der Waals surface area (Å²) in [5.74, 6) is 2.09. The molecule has 1 aromatic carbocycles. The van der Waals surface area contributed by atoms with E-state index in [9.17, 15) is 4.79 Å². The molecule has 0 amide bonds. The first-order valence-corrected chi connectivity index (χ1v) is 5.85. The minimum absolute atomic E-state index is 0.422. The van der Waals surface area contributed by atoms with E-state index in [4.69, 9.17) is 16.3 Å². The summed E-state index contributed by atoms with van der Waals surface area (Å²) in [6.45, 7) is 0. The number of H-pyrrole nitrogens is 1. The van der Waals surface area contributed by atoms with E-state index in [1.54, 1.807) is 19.2 Å². The Morgan fingerprint density at radius 2 is 2.29 bits per heavy atom. The number of methoxy groups -OCH3 is 1. The van der Waals surface area contributed by atoms with Gasteiger partial charge < -0.3 is 9.72 Å². The van der Waals surface area contributed by atoms with Crippen LogP contribution in [-0.2, 0) is 0 Å². The van der Waals surface area contributed by atoms with Gasteiger partial charge in [-0.1, -0.05) is 0 Å². The number of halogens is 1. The number of hydrogen-bond donors (Lipinski definition) is 1. The first-order chi connectivity index (χ1) is 8.20. The highest BCUT2D eigenvalue weighted by Gasteiger charge is 2.28. The Kier molecular flexibility index (Phi) is 2.33. The third-order valence-electron chi connectivity index (χ3n) is 3.02. The molecule has 0 saturated heterocycles. The highest BCUT2D eigenvalue weighted by Crippen LogP contribution is 2.40. The van der Waals surface area contributed by atoms with Gasteiger partial charge in [-0.05, 0) is 36.6 Å². The second-order valence-corrected chi connectivity index (χ2v) is 4.55. The van der Waals surface area contributed by atoms with Crippen molar-refractivity contribution in [2.75, 3.05) is 7.11 Å². The average molecular weight is 251 g/mol. The lowest BCUT2D eigenvalue weighted by molar-refractivity contribution is 0.108. The summed E-state index contributed by atoms with van der Waals surface area (Å²) in [5, 5.41) is -0.494. The first kappa shape index (κ1) is 10.6. The molecule has 1 fully saturated rings. The van der Waals surface area contributed by atoms with Crippen LogP contribution < -0.4 is 4.74 Å². The van der Waals surface area contributed by atoms with Gasteiger partial charge in [0, 0.05) is 5.92 Å². The SMILES string of the molecule is COc1ccc(C(=O)Cl)c2nc(C3CC3)[nH]c12. The number of fused-ring (bicyclic) bond motifs is 1. The molecule has 0 spiro atoms. The quantitative estimate of drug-likeness (QED) is 0.853. The van der Waals surface area contributed by atoms with Crippen molar-refractivity contribution in [1.29, 1.82) is 0 Å². The number of carbonyl (C=O) groups excluding carboxylic acids is 1. The molecule has 3 rings (SSSR count). The molecule has 1 aromatic heterocycles. The zero-order valence-electron chi connectivity index (χ0n) is 9.29. The molecule has 0 radical (unpaired) electrons. The Bertz CT molecular complexity index is 602. The topological polar surface area (TPSA) is 55.0 Å². The van der Waals surface area contributed by atoms with Crippen LogP contribution in [-0.4, -0.2) is 22.3 Å². The van der Waals surface area contributed by atoms with Gasteiger partial charge in [0.05, 0.1) is 12.7 Å². The van der Waals surface area contributed by atoms with Crippen LogP contribution in [0.25, 0.3) is 11.0 Å². The predicted molar refractivity (Wildman–Crippen MR) is 64.8 cm³/mol. The number of benzene rings is 1. The summed E-state index contributed by atoms with van der Waals surface area (Å²) in [7, 11) is 1.59. The Hall–Kier alpha value is -1.55. The van der Waals surface area contributed by atoms with Crippen molar-refractivity contribution in [3.63, 3.8) is 0 Å². The molecule has 1 N–H and O–H groups in total. The van der Waals surface area contributed by atoms with Crippen molar-refractivity contribution < 1.29 is 9.53 Å². The molecule has 0 bridgehead atoms. The molecule has 4 nitrogen and oxygen atoms in total. The van der Waals surface area contributed by atoms with Gasteiger partial charge in [-0.2, -0.15) is 0 Å². The van der Waals surface area contributed by atoms with Crippen LogP contribution in [0.15, 0.2) is 12.1 Å². The largest absolute Gasteiger partial charge is 0.494 e. The Labute approximate surface area is 103 Å². The lowest BCUT2D eigenvalue weighted by Gasteiger charge is -2.02. The van der Waals surface area contributed by atoms with Crippen molar-refractivity contribution in [3.8, 4) is 5.75 Å². The summed E-state index contributed by atoms with van der Waals surface area (Å²) in [5.41, 5.74) is 1.78. The molecule has 1 saturated carbocycles. The van der Waals surface area contributed by atoms with Crippen molar-refractivity contribution in [1.82, 2.24) is 9.97 Å². The summed E-state index contributed by atoms with van der Waals surface area (Å²) in [4.78, 5) is 19.0. The third-order valence-corrected chi connectivity index (χ3v) is 3.22. The van der Waals surface area contributed by atoms with Gasteiger partial charge >= 0.3 is 0 Å². The highest BCUT2D eigenvalue weighted by molar-refractivity contribution is 6.68. The molecule has 0 aliphatic heterocycles. The van der Waals surface area contributed by atoms with E-state index in [0.29, 0.717) is 22.7 Å². The van der Waals surface area contributed by atoms with Gasteiger partial charge in [0.1, 0.15) is 22.6 Å². The number of ether oxygens (including phenoxy) is 1. The number of rotatable bonds is 3. The lowest BCUT2D eigenvalue weighted by atomic mass is 10.2. The summed E-state index contributed by atoms with van der Waals surface area (Å²) in [6, 6.07) is 3.38. The van der Waals surface area contributed by atoms with Gasteiger partial charge in [0.2, 0.25) is 0 Å². The minimum atomic E-state index is -0.494. The number of hydrogen-bond acceptors (Lipinski definition) is 3. The maximum atomic E-state index is 11.3. The maximum absolute atomic E-state index is 11.3. The number of aromatic amines is 1.